The van der Waals surface area contributed by atoms with Crippen molar-refractivity contribution in [1.82, 2.24) is 32.5 Å². The van der Waals surface area contributed by atoms with Crippen molar-refractivity contribution in [1.29, 1.82) is 0 Å². The Morgan fingerprint density at radius 1 is 0.209 bits per heavy atom. The van der Waals surface area contributed by atoms with Gasteiger partial charge in [0.1, 0.15) is 11.3 Å². The molecule has 0 aliphatic carbocycles. The summed E-state index contributed by atoms with van der Waals surface area (Å²) in [6.45, 7) is 0. The van der Waals surface area contributed by atoms with Gasteiger partial charge in [0.15, 0.2) is 0 Å². The second-order valence-corrected chi connectivity index (χ2v) is 33.7. The third-order valence-corrected chi connectivity index (χ3v) is 25.0. The molecule has 129 heavy (non-hydrogen) atoms. The van der Waals surface area contributed by atoms with Gasteiger partial charge in [-0.3, -0.25) is 0 Å². The van der Waals surface area contributed by atoms with Gasteiger partial charge in [-0.25, -0.2) is 9.97 Å². The Morgan fingerprint density at radius 3 is 0.682 bits per heavy atom. The first-order valence-corrected chi connectivity index (χ1v) is 44.3. The maximum absolute atomic E-state index is 9.52. The van der Waals surface area contributed by atoms with Gasteiger partial charge in [0.25, 0.3) is 0 Å². The second kappa shape index (κ2) is 36.2. The Kier molecular flexibility index (Phi) is 23.0. The largest absolute Gasteiger partial charge is 0.488 e. The number of fused-ring (bicyclic) bond motifs is 11. The molecule has 0 radical (unpaired) electrons. The number of halogens is 2. The van der Waals surface area contributed by atoms with Crippen molar-refractivity contribution in [2.45, 2.75) is 7.43 Å². The summed E-state index contributed by atoms with van der Waals surface area (Å²) in [5.74, 6) is 0. The van der Waals surface area contributed by atoms with Crippen molar-refractivity contribution in [3.63, 3.8) is 0 Å². The monoisotopic (exact) mass is 1790 g/mol. The predicted octanol–water partition coefficient (Wildman–Crippen LogP) is 30.2. The molecule has 0 bridgehead atoms. The van der Waals surface area contributed by atoms with Gasteiger partial charge < -0.3 is 32.6 Å². The minimum atomic E-state index is -1.48. The molecular weight excluding hydrogens is 1710 g/mol. The molecule has 0 unspecified atom stereocenters. The highest BCUT2D eigenvalue weighted by atomic mass is 79.9. The fraction of sp³-hybridized carbons (Fsp3) is 0.00855. The third-order valence-electron chi connectivity index (χ3n) is 24.0. The lowest BCUT2D eigenvalue weighted by Crippen LogP contribution is -2.29. The molecule has 7 aromatic heterocycles. The van der Waals surface area contributed by atoms with E-state index in [1.165, 1.54) is 132 Å². The first-order chi connectivity index (χ1) is 63.1. The van der Waals surface area contributed by atoms with E-state index in [0.717, 1.165) is 70.9 Å². The molecule has 616 valence electrons. The zero-order chi connectivity index (χ0) is 86.0. The van der Waals surface area contributed by atoms with E-state index < -0.39 is 7.12 Å². The lowest BCUT2D eigenvalue weighted by Gasteiger charge is -2.10. The molecule has 0 aliphatic rings. The Balaban J connectivity index is 0.000000113. The van der Waals surface area contributed by atoms with Crippen molar-refractivity contribution in [2.75, 3.05) is 0 Å². The number of imidazole rings is 2. The van der Waals surface area contributed by atoms with Crippen molar-refractivity contribution in [2.24, 2.45) is 0 Å². The molecule has 0 fully saturated rings. The summed E-state index contributed by atoms with van der Waals surface area (Å²) in [5, 5.41) is 26.4. The molecule has 9 nitrogen and oxygen atoms in total. The van der Waals surface area contributed by atoms with Crippen LogP contribution in [0.4, 0.5) is 0 Å². The average Bonchev–Trinajstić information content (AvgIpc) is 1.59. The molecule has 17 aromatic carbocycles. The number of hydrogen-bond donors (Lipinski definition) is 2. The van der Waals surface area contributed by atoms with Crippen molar-refractivity contribution in [3.05, 3.63) is 483 Å². The molecule has 0 atom stereocenters. The van der Waals surface area contributed by atoms with E-state index in [1.807, 2.05) is 95.8 Å². The smallest absolute Gasteiger partial charge is 0.423 e. The van der Waals surface area contributed by atoms with Gasteiger partial charge in [0, 0.05) is 94.2 Å². The summed E-state index contributed by atoms with van der Waals surface area (Å²) in [7, 11) is -1.48. The summed E-state index contributed by atoms with van der Waals surface area (Å²) in [6, 6.07) is 158. The van der Waals surface area contributed by atoms with Crippen molar-refractivity contribution < 1.29 is 10.0 Å². The first kappa shape index (κ1) is 81.8. The minimum Gasteiger partial charge on any atom is -0.423 e. The van der Waals surface area contributed by atoms with Gasteiger partial charge in [0.05, 0.1) is 44.5 Å². The highest BCUT2D eigenvalue weighted by Gasteiger charge is 2.21. The zero-order valence-corrected chi connectivity index (χ0v) is 72.6. The highest BCUT2D eigenvalue weighted by molar-refractivity contribution is 9.10. The summed E-state index contributed by atoms with van der Waals surface area (Å²) in [6.07, 6.45) is 8.16. The molecular formula is C117H84BBr2N7O2. The van der Waals surface area contributed by atoms with Crippen LogP contribution in [-0.2, 0) is 0 Å². The summed E-state index contributed by atoms with van der Waals surface area (Å²) < 4.78 is 13.2. The summed E-state index contributed by atoms with van der Waals surface area (Å²) in [4.78, 5) is 9.34. The highest BCUT2D eigenvalue weighted by Crippen LogP contribution is 2.43. The van der Waals surface area contributed by atoms with E-state index in [9.17, 15) is 10.0 Å². The van der Waals surface area contributed by atoms with E-state index in [1.54, 1.807) is 12.1 Å². The maximum atomic E-state index is 9.52. The van der Waals surface area contributed by atoms with Crippen LogP contribution < -0.4 is 5.46 Å². The fourth-order valence-electron chi connectivity index (χ4n) is 17.6. The van der Waals surface area contributed by atoms with Crippen LogP contribution >= 0.6 is 31.9 Å². The van der Waals surface area contributed by atoms with E-state index in [4.69, 9.17) is 4.98 Å². The van der Waals surface area contributed by atoms with Crippen molar-refractivity contribution >= 4 is 121 Å². The number of rotatable bonds is 13. The summed E-state index contributed by atoms with van der Waals surface area (Å²) in [5.41, 5.74) is 33.9. The quantitative estimate of drug-likeness (QED) is 0.113. The number of hydrogen-bond acceptors (Lipinski definition) is 4. The van der Waals surface area contributed by atoms with Crippen LogP contribution in [0.1, 0.15) is 7.43 Å². The van der Waals surface area contributed by atoms with E-state index in [2.05, 4.69) is 425 Å². The molecule has 7 heterocycles. The fourth-order valence-corrected chi connectivity index (χ4v) is 18.1. The minimum absolute atomic E-state index is 0. The van der Waals surface area contributed by atoms with E-state index in [-0.39, 0.29) is 7.43 Å². The molecule has 0 saturated heterocycles. The van der Waals surface area contributed by atoms with Crippen LogP contribution in [0.15, 0.2) is 483 Å². The standard InChI is InChI=1S/C43H29N3.C30H22BNO2.C30H20BrN.C13H9BrN2.CH4/c1-3-9-30(10-4-1)35-20-24-41-38(27-35)39-28-36(31-11-5-2-6-12-31)21-25-42(39)46(41)37-22-18-33(19-23-37)32-14-16-34(17-15-32)40-29-45-26-8-7-13-43(45)44-40;33-31(34)25-13-15-26(16-14-25)32-29-17-11-23(21-7-3-1-4-8-21)19-27(29)28-20-24(12-18-30(28)32)22-9-5-2-6-10-22;31-25-13-15-26(16-14-25)32-29-17-11-23(21-7-3-1-4-8-21)19-27(29)28-20-24(12-18-30(28)32)22-9-5-2-6-10-22;14-11-6-4-10(5-7-11)12-9-16-8-2-1-3-13(16)15-12;/h1-29H;1-20,33-34H;1-20H;1-9H;1H4. The molecule has 0 amide bonds. The van der Waals surface area contributed by atoms with Gasteiger partial charge >= 0.3 is 7.12 Å². The molecule has 0 saturated carbocycles. The molecule has 0 aliphatic heterocycles. The topological polar surface area (TPSA) is 89.9 Å². The van der Waals surface area contributed by atoms with Gasteiger partial charge in [-0.1, -0.05) is 330 Å². The van der Waals surface area contributed by atoms with E-state index in [0.29, 0.717) is 5.46 Å². The third kappa shape index (κ3) is 16.7. The SMILES string of the molecule is Brc1ccc(-c2cn3ccccc3n2)cc1.Brc1ccc(-n2c3ccc(-c4ccccc4)cc3c3cc(-c4ccccc4)ccc32)cc1.C.OB(O)c1ccc(-n2c3ccc(-c4ccccc4)cc3c3cc(-c4ccccc4)ccc32)cc1.c1ccc(-c2ccc3c(c2)c2cc(-c4ccccc4)ccc2n3-c2ccc(-c3ccc(-c4cn5ccccc5n4)cc3)cc2)cc1. The van der Waals surface area contributed by atoms with Crippen LogP contribution in [0, 0.1) is 0 Å². The normalized spacial score (nSPS) is 11.2. The number of nitrogens with zero attached hydrogens (tertiary/aromatic N) is 7. The van der Waals surface area contributed by atoms with Gasteiger partial charge in [-0.15, -0.1) is 0 Å². The lowest BCUT2D eigenvalue weighted by atomic mass is 9.80. The van der Waals surface area contributed by atoms with Gasteiger partial charge in [-0.2, -0.15) is 0 Å². The molecule has 24 rings (SSSR count). The van der Waals surface area contributed by atoms with Gasteiger partial charge in [0.2, 0.25) is 0 Å². The second-order valence-electron chi connectivity index (χ2n) is 31.9. The number of benzene rings is 17. The molecule has 2 N–H and O–H groups in total. The lowest BCUT2D eigenvalue weighted by molar-refractivity contribution is 0.426. The Labute approximate surface area is 765 Å². The Bertz CT molecular complexity index is 7750. The molecule has 12 heteroatoms. The van der Waals surface area contributed by atoms with Crippen LogP contribution in [0.25, 0.3) is 194 Å². The van der Waals surface area contributed by atoms with Crippen molar-refractivity contribution in [3.8, 4) is 117 Å². The number of aromatic nitrogens is 7. The van der Waals surface area contributed by atoms with E-state index >= 15 is 0 Å². The van der Waals surface area contributed by atoms with Crippen LogP contribution in [-0.4, -0.2) is 49.6 Å². The first-order valence-electron chi connectivity index (χ1n) is 42.7. The predicted molar refractivity (Wildman–Crippen MR) is 547 cm³/mol. The number of pyridine rings is 2. The van der Waals surface area contributed by atoms with Crippen LogP contribution in [0.2, 0.25) is 0 Å². The Hall–Kier alpha value is -15.5. The van der Waals surface area contributed by atoms with Gasteiger partial charge in [-0.05, 0) is 241 Å². The molecule has 0 spiro atoms. The maximum Gasteiger partial charge on any atom is 0.488 e. The molecule has 24 aromatic rings. The zero-order valence-electron chi connectivity index (χ0n) is 69.4. The van der Waals surface area contributed by atoms with Crippen LogP contribution in [0.3, 0.4) is 0 Å². The average molecular weight is 1790 g/mol. The summed E-state index contributed by atoms with van der Waals surface area (Å²) >= 11 is 7.00. The van der Waals surface area contributed by atoms with Crippen LogP contribution in [0.5, 0.6) is 0 Å². The Morgan fingerprint density at radius 2 is 0.419 bits per heavy atom.